The number of carboxylic acid groups (broad SMARTS) is 1. The molecule has 1 aromatic rings. The molecule has 9 nitrogen and oxygen atoms in total. The number of esters is 1. The fourth-order valence-corrected chi connectivity index (χ4v) is 2.65. The highest BCUT2D eigenvalue weighted by Gasteiger charge is 2.25. The van der Waals surface area contributed by atoms with Crippen LogP contribution in [0, 0.1) is 6.92 Å². The van der Waals surface area contributed by atoms with E-state index in [-0.39, 0.29) is 12.4 Å². The number of ether oxygens (including phenoxy) is 1. The molecule has 2 heterocycles. The number of aromatic nitrogens is 2. The molecule has 0 unspecified atom stereocenters. The zero-order valence-electron chi connectivity index (χ0n) is 14.4. The molecule has 2 rings (SSSR count). The van der Waals surface area contributed by atoms with E-state index in [2.05, 4.69) is 15.3 Å². The van der Waals surface area contributed by atoms with E-state index >= 15 is 0 Å². The number of piperazine rings is 1. The molecule has 0 spiro atoms. The molecule has 1 fully saturated rings. The Balaban J connectivity index is 2.02. The lowest BCUT2D eigenvalue weighted by Gasteiger charge is -2.33. The number of carbonyl (C=O) groups is 2. The summed E-state index contributed by atoms with van der Waals surface area (Å²) in [5.41, 5.74) is 1.85. The predicted molar refractivity (Wildman–Crippen MR) is 89.5 cm³/mol. The average Bonchev–Trinajstić information content (AvgIpc) is 2.83. The van der Waals surface area contributed by atoms with Gasteiger partial charge in [0.15, 0.2) is 5.82 Å². The molecule has 0 aliphatic carbocycles. The van der Waals surface area contributed by atoms with Crippen LogP contribution >= 0.6 is 0 Å². The van der Waals surface area contributed by atoms with E-state index < -0.39 is 6.09 Å². The van der Waals surface area contributed by atoms with Crippen LogP contribution in [0.25, 0.3) is 0 Å². The van der Waals surface area contributed by atoms with Crippen LogP contribution in [-0.2, 0) is 16.6 Å². The molecule has 0 aromatic carbocycles. The van der Waals surface area contributed by atoms with Crippen molar-refractivity contribution in [3.8, 4) is 0 Å². The highest BCUT2D eigenvalue weighted by atomic mass is 16.5. The maximum atomic E-state index is 11.5. The van der Waals surface area contributed by atoms with Crippen LogP contribution in [0.2, 0.25) is 0 Å². The highest BCUT2D eigenvalue weighted by molar-refractivity contribution is 5.72. The first-order chi connectivity index (χ1) is 11.4. The van der Waals surface area contributed by atoms with Gasteiger partial charge < -0.3 is 25.0 Å². The minimum Gasteiger partial charge on any atom is -0.466 e. The first-order valence-electron chi connectivity index (χ1n) is 8.10. The Labute approximate surface area is 141 Å². The van der Waals surface area contributed by atoms with Crippen molar-refractivity contribution in [3.05, 3.63) is 5.69 Å². The van der Waals surface area contributed by atoms with Gasteiger partial charge in [-0.15, -0.1) is 0 Å². The van der Waals surface area contributed by atoms with Crippen LogP contribution in [0.5, 0.6) is 0 Å². The van der Waals surface area contributed by atoms with Crippen molar-refractivity contribution in [2.24, 2.45) is 7.05 Å². The van der Waals surface area contributed by atoms with Crippen molar-refractivity contribution >= 4 is 23.6 Å². The van der Waals surface area contributed by atoms with Gasteiger partial charge >= 0.3 is 12.1 Å². The lowest BCUT2D eigenvalue weighted by molar-refractivity contribution is -0.142. The quantitative estimate of drug-likeness (QED) is 0.743. The van der Waals surface area contributed by atoms with Crippen molar-refractivity contribution in [3.63, 3.8) is 0 Å². The van der Waals surface area contributed by atoms with Gasteiger partial charge in [0.2, 0.25) is 0 Å². The summed E-state index contributed by atoms with van der Waals surface area (Å²) in [4.78, 5) is 25.9. The Morgan fingerprint density at radius 1 is 1.29 bits per heavy atom. The van der Waals surface area contributed by atoms with Gasteiger partial charge in [0.1, 0.15) is 5.69 Å². The van der Waals surface area contributed by atoms with Crippen LogP contribution in [0.3, 0.4) is 0 Å². The largest absolute Gasteiger partial charge is 0.466 e. The number of rotatable bonds is 6. The smallest absolute Gasteiger partial charge is 0.407 e. The summed E-state index contributed by atoms with van der Waals surface area (Å²) in [6, 6.07) is 0. The number of nitrogens with zero attached hydrogens (tertiary/aromatic N) is 4. The second-order valence-corrected chi connectivity index (χ2v) is 5.65. The molecule has 2 N–H and O–H groups in total. The monoisotopic (exact) mass is 339 g/mol. The zero-order chi connectivity index (χ0) is 17.7. The number of hydrogen-bond acceptors (Lipinski definition) is 6. The Morgan fingerprint density at radius 3 is 2.54 bits per heavy atom. The molecular formula is C15H25N5O4. The van der Waals surface area contributed by atoms with Crippen molar-refractivity contribution in [2.45, 2.75) is 20.3 Å². The van der Waals surface area contributed by atoms with Crippen LogP contribution in [0.4, 0.5) is 16.3 Å². The van der Waals surface area contributed by atoms with Gasteiger partial charge in [-0.2, -0.15) is 5.10 Å². The second kappa shape index (κ2) is 7.89. The SMILES string of the molecule is CCOC(=O)CCNc1c(N2CCN(C(=O)O)CC2)nn(C)c1C. The normalized spacial score (nSPS) is 14.6. The van der Waals surface area contributed by atoms with Gasteiger partial charge in [-0.05, 0) is 13.8 Å². The maximum absolute atomic E-state index is 11.5. The molecule has 24 heavy (non-hydrogen) atoms. The van der Waals surface area contributed by atoms with Crippen LogP contribution in [0.15, 0.2) is 0 Å². The average molecular weight is 339 g/mol. The zero-order valence-corrected chi connectivity index (χ0v) is 14.4. The molecule has 1 aliphatic rings. The van der Waals surface area contributed by atoms with E-state index in [1.54, 1.807) is 11.6 Å². The number of aryl methyl sites for hydroxylation is 1. The minimum absolute atomic E-state index is 0.233. The molecule has 1 aliphatic heterocycles. The summed E-state index contributed by atoms with van der Waals surface area (Å²) < 4.78 is 6.71. The van der Waals surface area contributed by atoms with E-state index in [1.807, 2.05) is 14.0 Å². The molecule has 1 aromatic heterocycles. The number of hydrogen-bond donors (Lipinski definition) is 2. The van der Waals surface area contributed by atoms with Gasteiger partial charge in [0, 0.05) is 39.8 Å². The van der Waals surface area contributed by atoms with Crippen LogP contribution in [-0.4, -0.2) is 71.2 Å². The molecule has 0 radical (unpaired) electrons. The summed E-state index contributed by atoms with van der Waals surface area (Å²) in [5, 5.41) is 16.8. The fraction of sp³-hybridized carbons (Fsp3) is 0.667. The van der Waals surface area contributed by atoms with Crippen molar-refractivity contribution in [1.82, 2.24) is 14.7 Å². The third kappa shape index (κ3) is 4.09. The molecular weight excluding hydrogens is 314 g/mol. The fourth-order valence-electron chi connectivity index (χ4n) is 2.65. The molecule has 0 saturated carbocycles. The maximum Gasteiger partial charge on any atom is 0.407 e. The van der Waals surface area contributed by atoms with E-state index in [0.717, 1.165) is 17.2 Å². The molecule has 0 atom stereocenters. The molecule has 1 amide bonds. The third-order valence-corrected chi connectivity index (χ3v) is 4.10. The first-order valence-corrected chi connectivity index (χ1v) is 8.10. The van der Waals surface area contributed by atoms with Gasteiger partial charge in [-0.25, -0.2) is 4.79 Å². The van der Waals surface area contributed by atoms with E-state index in [0.29, 0.717) is 39.3 Å². The van der Waals surface area contributed by atoms with E-state index in [9.17, 15) is 9.59 Å². The van der Waals surface area contributed by atoms with Gasteiger partial charge in [-0.3, -0.25) is 9.48 Å². The second-order valence-electron chi connectivity index (χ2n) is 5.65. The molecule has 1 saturated heterocycles. The summed E-state index contributed by atoms with van der Waals surface area (Å²) in [7, 11) is 1.86. The summed E-state index contributed by atoms with van der Waals surface area (Å²) in [6.07, 6.45) is -0.603. The summed E-state index contributed by atoms with van der Waals surface area (Å²) >= 11 is 0. The lowest BCUT2D eigenvalue weighted by Crippen LogP contribution is -2.48. The number of anilines is 2. The Bertz CT molecular complexity index is 593. The van der Waals surface area contributed by atoms with Crippen LogP contribution < -0.4 is 10.2 Å². The number of amides is 1. The van der Waals surface area contributed by atoms with Gasteiger partial charge in [0.05, 0.1) is 18.7 Å². The predicted octanol–water partition coefficient (Wildman–Crippen LogP) is 0.894. The first kappa shape index (κ1) is 17.9. The summed E-state index contributed by atoms with van der Waals surface area (Å²) in [6.45, 7) is 6.67. The standard InChI is InChI=1S/C15H25N5O4/c1-4-24-12(21)5-6-16-13-11(2)18(3)17-14(13)19-7-9-20(10-8-19)15(22)23/h16H,4-10H2,1-3H3,(H,22,23). The van der Waals surface area contributed by atoms with Crippen molar-refractivity contribution in [1.29, 1.82) is 0 Å². The molecule has 134 valence electrons. The van der Waals surface area contributed by atoms with Gasteiger partial charge in [0.25, 0.3) is 0 Å². The van der Waals surface area contributed by atoms with Gasteiger partial charge in [-0.1, -0.05) is 0 Å². The molecule has 9 heteroatoms. The van der Waals surface area contributed by atoms with Crippen LogP contribution in [0.1, 0.15) is 19.0 Å². The summed E-state index contributed by atoms with van der Waals surface area (Å²) in [5.74, 6) is 0.562. The lowest BCUT2D eigenvalue weighted by atomic mass is 10.3. The Hall–Kier alpha value is -2.45. The Morgan fingerprint density at radius 2 is 1.96 bits per heavy atom. The topological polar surface area (TPSA) is 99.9 Å². The van der Waals surface area contributed by atoms with E-state index in [4.69, 9.17) is 9.84 Å². The Kier molecular flexibility index (Phi) is 5.88. The number of carbonyl (C=O) groups excluding carboxylic acids is 1. The number of nitrogens with one attached hydrogen (secondary N) is 1. The van der Waals surface area contributed by atoms with E-state index in [1.165, 1.54) is 4.90 Å². The van der Waals surface area contributed by atoms with Crippen molar-refractivity contribution < 1.29 is 19.4 Å². The minimum atomic E-state index is -0.889. The third-order valence-electron chi connectivity index (χ3n) is 4.10. The highest BCUT2D eigenvalue weighted by Crippen LogP contribution is 2.28. The molecule has 0 bridgehead atoms. The van der Waals surface area contributed by atoms with Crippen molar-refractivity contribution in [2.75, 3.05) is 49.5 Å².